The van der Waals surface area contributed by atoms with E-state index in [-0.39, 0.29) is 5.75 Å². The molecule has 2 aromatic carbocycles. The van der Waals surface area contributed by atoms with Gasteiger partial charge in [-0.2, -0.15) is 18.6 Å². The van der Waals surface area contributed by atoms with Gasteiger partial charge in [0.1, 0.15) is 5.75 Å². The maximum Gasteiger partial charge on any atom is 0.446 e. The maximum absolute atomic E-state index is 10.5. The minimum atomic E-state index is -4.51. The topological polar surface area (TPSA) is 100 Å². The molecule has 0 spiro atoms. The number of benzene rings is 2. The Bertz CT molecular complexity index is 725. The molecule has 110 valence electrons. The third kappa shape index (κ3) is 4.86. The molecule has 0 aliphatic carbocycles. The molecule has 0 radical (unpaired) electrons. The van der Waals surface area contributed by atoms with Gasteiger partial charge in [0.25, 0.3) is 0 Å². The fraction of sp³-hybridized carbons (Fsp3) is 0.0769. The van der Waals surface area contributed by atoms with E-state index >= 15 is 0 Å². The van der Waals surface area contributed by atoms with Gasteiger partial charge in [0.2, 0.25) is 0 Å². The molecule has 2 aromatic rings. The average Bonchev–Trinajstić information content (AvgIpc) is 2.45. The van der Waals surface area contributed by atoms with Crippen LogP contribution in [0, 0.1) is 0 Å². The molecule has 21 heavy (non-hydrogen) atoms. The van der Waals surface area contributed by atoms with E-state index in [1.807, 2.05) is 31.3 Å². The zero-order chi connectivity index (χ0) is 15.3. The van der Waals surface area contributed by atoms with E-state index in [4.69, 9.17) is 4.55 Å². The number of hydrogen-bond donors (Lipinski definition) is 2. The van der Waals surface area contributed by atoms with Gasteiger partial charge in [-0.05, 0) is 48.5 Å². The predicted molar refractivity (Wildman–Crippen MR) is 78.8 cm³/mol. The summed E-state index contributed by atoms with van der Waals surface area (Å²) in [6.07, 6.45) is 0. The Morgan fingerprint density at radius 3 is 1.86 bits per heavy atom. The first-order chi connectivity index (χ1) is 9.96. The second kappa shape index (κ2) is 6.33. The molecular weight excluding hydrogens is 294 g/mol. The molecule has 0 heterocycles. The van der Waals surface area contributed by atoms with Crippen molar-refractivity contribution in [1.29, 1.82) is 0 Å². The lowest BCUT2D eigenvalue weighted by Crippen LogP contribution is -2.06. The summed E-state index contributed by atoms with van der Waals surface area (Å²) in [7, 11) is -2.69. The van der Waals surface area contributed by atoms with E-state index in [9.17, 15) is 8.42 Å². The predicted octanol–water partition coefficient (Wildman–Crippen LogP) is 3.33. The number of azo groups is 1. The SMILES string of the molecule is CNc1ccc(N=Nc2ccc(OS(=O)(=O)O)cc2)cc1. The highest BCUT2D eigenvalue weighted by Gasteiger charge is 2.05. The molecule has 2 rings (SSSR count). The molecule has 0 amide bonds. The van der Waals surface area contributed by atoms with E-state index in [2.05, 4.69) is 19.7 Å². The van der Waals surface area contributed by atoms with Crippen LogP contribution in [0.25, 0.3) is 0 Å². The van der Waals surface area contributed by atoms with Crippen LogP contribution in [-0.4, -0.2) is 20.0 Å². The van der Waals surface area contributed by atoms with Crippen molar-refractivity contribution in [3.05, 3.63) is 48.5 Å². The zero-order valence-corrected chi connectivity index (χ0v) is 11.9. The van der Waals surface area contributed by atoms with Crippen LogP contribution in [-0.2, 0) is 10.4 Å². The van der Waals surface area contributed by atoms with E-state index in [1.165, 1.54) is 24.3 Å². The molecule has 8 heteroatoms. The Kier molecular flexibility index (Phi) is 4.51. The van der Waals surface area contributed by atoms with Crippen molar-refractivity contribution < 1.29 is 17.2 Å². The van der Waals surface area contributed by atoms with Crippen LogP contribution in [0.5, 0.6) is 5.75 Å². The summed E-state index contributed by atoms with van der Waals surface area (Å²) in [5.41, 5.74) is 2.18. The van der Waals surface area contributed by atoms with Crippen LogP contribution in [0.3, 0.4) is 0 Å². The van der Waals surface area contributed by atoms with Gasteiger partial charge in [-0.25, -0.2) is 0 Å². The van der Waals surface area contributed by atoms with E-state index in [0.717, 1.165) is 5.69 Å². The van der Waals surface area contributed by atoms with Gasteiger partial charge >= 0.3 is 10.4 Å². The van der Waals surface area contributed by atoms with Crippen molar-refractivity contribution in [2.45, 2.75) is 0 Å². The number of hydrogen-bond acceptors (Lipinski definition) is 6. The van der Waals surface area contributed by atoms with Crippen LogP contribution in [0.1, 0.15) is 0 Å². The molecule has 0 aliphatic heterocycles. The highest BCUT2D eigenvalue weighted by molar-refractivity contribution is 7.81. The summed E-state index contributed by atoms with van der Waals surface area (Å²) < 4.78 is 33.9. The van der Waals surface area contributed by atoms with Crippen molar-refractivity contribution in [3.63, 3.8) is 0 Å². The number of nitrogens with one attached hydrogen (secondary N) is 1. The summed E-state index contributed by atoms with van der Waals surface area (Å²) in [4.78, 5) is 0. The van der Waals surface area contributed by atoms with E-state index < -0.39 is 10.4 Å². The zero-order valence-electron chi connectivity index (χ0n) is 11.1. The van der Waals surface area contributed by atoms with Crippen LogP contribution in [0.2, 0.25) is 0 Å². The maximum atomic E-state index is 10.5. The van der Waals surface area contributed by atoms with Crippen molar-refractivity contribution in [1.82, 2.24) is 0 Å². The Hall–Kier alpha value is -2.45. The lowest BCUT2D eigenvalue weighted by Gasteiger charge is -2.01. The summed E-state index contributed by atoms with van der Waals surface area (Å²) in [6, 6.07) is 13.1. The smallest absolute Gasteiger partial charge is 0.388 e. The molecule has 0 bridgehead atoms. The summed E-state index contributed by atoms with van der Waals surface area (Å²) in [5.74, 6) is -0.00479. The molecule has 0 saturated carbocycles. The van der Waals surface area contributed by atoms with Crippen molar-refractivity contribution in [3.8, 4) is 5.75 Å². The van der Waals surface area contributed by atoms with E-state index in [1.54, 1.807) is 0 Å². The van der Waals surface area contributed by atoms with Crippen LogP contribution in [0.4, 0.5) is 17.1 Å². The fourth-order valence-corrected chi connectivity index (χ4v) is 1.85. The molecule has 0 aromatic heterocycles. The molecule has 0 unspecified atom stereocenters. The fourth-order valence-electron chi connectivity index (χ4n) is 1.50. The molecule has 0 atom stereocenters. The summed E-state index contributed by atoms with van der Waals surface area (Å²) in [6.45, 7) is 0. The normalized spacial score (nSPS) is 11.5. The average molecular weight is 307 g/mol. The Morgan fingerprint density at radius 1 is 0.952 bits per heavy atom. The standard InChI is InChI=1S/C13H13N3O4S/c1-14-10-2-4-11(5-3-10)15-16-12-6-8-13(9-7-12)20-21(17,18)19/h2-9,14H,1H3,(H,17,18,19). The molecule has 0 aliphatic rings. The lowest BCUT2D eigenvalue weighted by atomic mass is 10.3. The largest absolute Gasteiger partial charge is 0.446 e. The minimum absolute atomic E-state index is 0.00479. The minimum Gasteiger partial charge on any atom is -0.388 e. The van der Waals surface area contributed by atoms with Gasteiger partial charge < -0.3 is 9.50 Å². The molecular formula is C13H13N3O4S. The number of anilines is 1. The molecule has 2 N–H and O–H groups in total. The van der Waals surface area contributed by atoms with Gasteiger partial charge in [-0.15, -0.1) is 0 Å². The monoisotopic (exact) mass is 307 g/mol. The number of rotatable bonds is 5. The second-order valence-corrected chi connectivity index (χ2v) is 5.02. The summed E-state index contributed by atoms with van der Waals surface area (Å²) in [5, 5.41) is 11.0. The second-order valence-electron chi connectivity index (χ2n) is 4.00. The first-order valence-electron chi connectivity index (χ1n) is 5.93. The van der Waals surface area contributed by atoms with Gasteiger partial charge in [0.05, 0.1) is 11.4 Å². The number of nitrogens with zero attached hydrogens (tertiary/aromatic N) is 2. The highest BCUT2D eigenvalue weighted by atomic mass is 32.3. The van der Waals surface area contributed by atoms with Crippen LogP contribution < -0.4 is 9.50 Å². The van der Waals surface area contributed by atoms with Crippen molar-refractivity contribution in [2.75, 3.05) is 12.4 Å². The quantitative estimate of drug-likeness (QED) is 0.652. The Morgan fingerprint density at radius 2 is 1.43 bits per heavy atom. The van der Waals surface area contributed by atoms with Gasteiger partial charge in [-0.1, -0.05) is 0 Å². The molecule has 0 saturated heterocycles. The van der Waals surface area contributed by atoms with Crippen molar-refractivity contribution >= 4 is 27.5 Å². The molecule has 7 nitrogen and oxygen atoms in total. The van der Waals surface area contributed by atoms with Crippen LogP contribution in [0.15, 0.2) is 58.8 Å². The third-order valence-electron chi connectivity index (χ3n) is 2.48. The molecule has 0 fully saturated rings. The van der Waals surface area contributed by atoms with Gasteiger partial charge in [0, 0.05) is 12.7 Å². The lowest BCUT2D eigenvalue weighted by molar-refractivity contribution is 0.387. The third-order valence-corrected chi connectivity index (χ3v) is 2.88. The Balaban J connectivity index is 2.06. The highest BCUT2D eigenvalue weighted by Crippen LogP contribution is 2.22. The Labute approximate surface area is 122 Å². The van der Waals surface area contributed by atoms with E-state index in [0.29, 0.717) is 11.4 Å². The van der Waals surface area contributed by atoms with Gasteiger partial charge in [0.15, 0.2) is 0 Å². The van der Waals surface area contributed by atoms with Gasteiger partial charge in [-0.3, -0.25) is 4.55 Å². The first kappa shape index (κ1) is 14.9. The van der Waals surface area contributed by atoms with Crippen molar-refractivity contribution in [2.24, 2.45) is 10.2 Å². The van der Waals surface area contributed by atoms with Crippen LogP contribution >= 0.6 is 0 Å². The summed E-state index contributed by atoms with van der Waals surface area (Å²) >= 11 is 0. The first-order valence-corrected chi connectivity index (χ1v) is 7.29.